The van der Waals surface area contributed by atoms with Gasteiger partial charge in [0.2, 0.25) is 0 Å². The third-order valence-corrected chi connectivity index (χ3v) is 5.58. The zero-order valence-electron chi connectivity index (χ0n) is 16.9. The number of carbonyl (C=O) groups is 1. The van der Waals surface area contributed by atoms with E-state index in [-0.39, 0.29) is 18.1 Å². The first-order valence-electron chi connectivity index (χ1n) is 9.74. The van der Waals surface area contributed by atoms with Crippen molar-refractivity contribution in [2.24, 2.45) is 4.99 Å². The Morgan fingerprint density at radius 1 is 1.29 bits per heavy atom. The third kappa shape index (κ3) is 5.08. The van der Waals surface area contributed by atoms with Crippen molar-refractivity contribution in [2.75, 3.05) is 26.8 Å². The van der Waals surface area contributed by atoms with E-state index in [1.54, 1.807) is 7.11 Å². The molecule has 1 saturated heterocycles. The highest BCUT2D eigenvalue weighted by atomic mass is 32.2. The Kier molecular flexibility index (Phi) is 7.02. The van der Waals surface area contributed by atoms with Gasteiger partial charge in [0.1, 0.15) is 0 Å². The predicted octanol–water partition coefficient (Wildman–Crippen LogP) is 3.95. The van der Waals surface area contributed by atoms with Gasteiger partial charge in [-0.15, -0.1) is 0 Å². The molecule has 1 fully saturated rings. The number of amidine groups is 1. The van der Waals surface area contributed by atoms with Gasteiger partial charge in [-0.25, -0.2) is 0 Å². The number of ether oxygens (including phenoxy) is 3. The summed E-state index contributed by atoms with van der Waals surface area (Å²) in [6.45, 7) is 8.36. The van der Waals surface area contributed by atoms with Gasteiger partial charge >= 0.3 is 0 Å². The Morgan fingerprint density at radius 2 is 2.04 bits per heavy atom. The summed E-state index contributed by atoms with van der Waals surface area (Å²) in [6, 6.07) is 5.71. The molecule has 2 aliphatic rings. The highest BCUT2D eigenvalue weighted by molar-refractivity contribution is 8.18. The Hall–Kier alpha value is -1.99. The van der Waals surface area contributed by atoms with Crippen molar-refractivity contribution in [3.05, 3.63) is 28.7 Å². The molecular formula is C21H28N2O4S. The highest BCUT2D eigenvalue weighted by Gasteiger charge is 2.31. The number of aliphatic imine (C=N–C) groups is 1. The number of nitrogens with zero attached hydrogens (tertiary/aromatic N) is 2. The second-order valence-electron chi connectivity index (χ2n) is 7.08. The van der Waals surface area contributed by atoms with Crippen LogP contribution in [-0.4, -0.2) is 55.0 Å². The van der Waals surface area contributed by atoms with Gasteiger partial charge in [-0.2, -0.15) is 4.99 Å². The largest absolute Gasteiger partial charge is 0.493 e. The quantitative estimate of drug-likeness (QED) is 0.528. The zero-order valence-corrected chi connectivity index (χ0v) is 17.8. The minimum absolute atomic E-state index is 0.125. The Balaban J connectivity index is 1.71. The monoisotopic (exact) mass is 404 g/mol. The van der Waals surface area contributed by atoms with Crippen LogP contribution in [0.1, 0.15) is 39.2 Å². The summed E-state index contributed by atoms with van der Waals surface area (Å²) in [5, 5.41) is 0.754. The number of hydrogen-bond donors (Lipinski definition) is 0. The van der Waals surface area contributed by atoms with Crippen molar-refractivity contribution in [1.82, 2.24) is 4.90 Å². The lowest BCUT2D eigenvalue weighted by molar-refractivity contribution is -0.113. The van der Waals surface area contributed by atoms with Crippen LogP contribution in [-0.2, 0) is 9.53 Å². The van der Waals surface area contributed by atoms with Crippen LogP contribution in [0.15, 0.2) is 28.1 Å². The molecule has 2 heterocycles. The molecule has 1 amide bonds. The van der Waals surface area contributed by atoms with Crippen molar-refractivity contribution >= 4 is 28.9 Å². The van der Waals surface area contributed by atoms with Gasteiger partial charge in [0, 0.05) is 13.1 Å². The van der Waals surface area contributed by atoms with E-state index in [1.807, 2.05) is 38.1 Å². The molecule has 0 saturated carbocycles. The maximum atomic E-state index is 12.4. The van der Waals surface area contributed by atoms with Crippen LogP contribution in [0.3, 0.4) is 0 Å². The lowest BCUT2D eigenvalue weighted by atomic mass is 10.2. The molecule has 1 aromatic rings. The fourth-order valence-corrected chi connectivity index (χ4v) is 4.17. The molecule has 0 aliphatic carbocycles. The minimum atomic E-state index is -0.200. The van der Waals surface area contributed by atoms with Crippen molar-refractivity contribution in [3.8, 4) is 11.5 Å². The molecule has 28 heavy (non-hydrogen) atoms. The smallest absolute Gasteiger partial charge is 0.286 e. The second kappa shape index (κ2) is 9.47. The number of hydrogen-bond acceptors (Lipinski definition) is 6. The van der Waals surface area contributed by atoms with E-state index < -0.39 is 0 Å². The van der Waals surface area contributed by atoms with Crippen LogP contribution in [0, 0.1) is 0 Å². The van der Waals surface area contributed by atoms with Crippen molar-refractivity contribution in [1.29, 1.82) is 0 Å². The number of carbonyl (C=O) groups excluding carboxylic acids is 1. The molecule has 0 radical (unpaired) electrons. The SMILES string of the molecule is CCCCOc1ccc(/C=C2\SC(N3CC(C)OC(C)C3)=NC2=O)cc1OC. The van der Waals surface area contributed by atoms with Crippen LogP contribution in [0.4, 0.5) is 0 Å². The lowest BCUT2D eigenvalue weighted by Crippen LogP contribution is -2.47. The van der Waals surface area contributed by atoms with Crippen molar-refractivity contribution in [3.63, 3.8) is 0 Å². The van der Waals surface area contributed by atoms with Gasteiger partial charge in [0.25, 0.3) is 5.91 Å². The molecule has 1 aromatic carbocycles. The Bertz CT molecular complexity index is 768. The third-order valence-electron chi connectivity index (χ3n) is 4.54. The molecule has 7 heteroatoms. The zero-order chi connectivity index (χ0) is 20.1. The van der Waals surface area contributed by atoms with Gasteiger partial charge in [-0.1, -0.05) is 19.4 Å². The van der Waals surface area contributed by atoms with Crippen molar-refractivity contribution < 1.29 is 19.0 Å². The van der Waals surface area contributed by atoms with Crippen LogP contribution >= 0.6 is 11.8 Å². The Morgan fingerprint density at radius 3 is 2.71 bits per heavy atom. The van der Waals surface area contributed by atoms with Gasteiger partial charge in [-0.3, -0.25) is 4.79 Å². The first kappa shape index (κ1) is 20.7. The van der Waals surface area contributed by atoms with E-state index in [2.05, 4.69) is 16.8 Å². The average molecular weight is 405 g/mol. The lowest BCUT2D eigenvalue weighted by Gasteiger charge is -2.35. The predicted molar refractivity (Wildman–Crippen MR) is 113 cm³/mol. The summed E-state index contributed by atoms with van der Waals surface area (Å²) < 4.78 is 17.0. The van der Waals surface area contributed by atoms with Crippen molar-refractivity contribution in [2.45, 2.75) is 45.8 Å². The van der Waals surface area contributed by atoms with Gasteiger partial charge in [-0.05, 0) is 55.8 Å². The molecular weight excluding hydrogens is 376 g/mol. The first-order chi connectivity index (χ1) is 13.5. The molecule has 3 rings (SSSR count). The molecule has 0 aromatic heterocycles. The summed E-state index contributed by atoms with van der Waals surface area (Å²) >= 11 is 1.42. The van der Waals surface area contributed by atoms with Gasteiger partial charge in [0.05, 0.1) is 30.8 Å². The van der Waals surface area contributed by atoms with Gasteiger partial charge in [0.15, 0.2) is 16.7 Å². The fourth-order valence-electron chi connectivity index (χ4n) is 3.24. The van der Waals surface area contributed by atoms with E-state index in [1.165, 1.54) is 11.8 Å². The Labute approximate surface area is 170 Å². The summed E-state index contributed by atoms with van der Waals surface area (Å²) in [7, 11) is 1.62. The normalized spacial score (nSPS) is 23.9. The second-order valence-corrected chi connectivity index (χ2v) is 8.09. The van der Waals surface area contributed by atoms with E-state index in [0.29, 0.717) is 17.3 Å². The topological polar surface area (TPSA) is 60.4 Å². The first-order valence-corrected chi connectivity index (χ1v) is 10.6. The standard InChI is InChI=1S/C21H28N2O4S/c1-5-6-9-26-17-8-7-16(10-18(17)25-4)11-19-20(24)22-21(28-19)23-12-14(2)27-15(3)13-23/h7-8,10-11,14-15H,5-6,9,12-13H2,1-4H3/b19-11-. The van der Waals surface area contributed by atoms with Crippen LogP contribution in [0.5, 0.6) is 11.5 Å². The summed E-state index contributed by atoms with van der Waals surface area (Å²) in [5.41, 5.74) is 0.885. The number of methoxy groups -OCH3 is 1. The summed E-state index contributed by atoms with van der Waals surface area (Å²) in [6.07, 6.45) is 4.18. The molecule has 0 N–H and O–H groups in total. The van der Waals surface area contributed by atoms with Crippen LogP contribution in [0.25, 0.3) is 6.08 Å². The molecule has 2 atom stereocenters. The maximum absolute atomic E-state index is 12.4. The van der Waals surface area contributed by atoms with E-state index in [0.717, 1.165) is 42.4 Å². The van der Waals surface area contributed by atoms with E-state index >= 15 is 0 Å². The van der Waals surface area contributed by atoms with Crippen LogP contribution < -0.4 is 9.47 Å². The maximum Gasteiger partial charge on any atom is 0.286 e. The molecule has 2 aliphatic heterocycles. The highest BCUT2D eigenvalue weighted by Crippen LogP contribution is 2.34. The number of amides is 1. The number of rotatable bonds is 6. The molecule has 0 bridgehead atoms. The van der Waals surface area contributed by atoms with Gasteiger partial charge < -0.3 is 19.1 Å². The van der Waals surface area contributed by atoms with E-state index in [9.17, 15) is 4.79 Å². The number of benzene rings is 1. The number of thioether (sulfide) groups is 1. The number of morpholine rings is 1. The average Bonchev–Trinajstić information content (AvgIpc) is 3.02. The molecule has 6 nitrogen and oxygen atoms in total. The van der Waals surface area contributed by atoms with E-state index in [4.69, 9.17) is 14.2 Å². The molecule has 0 spiro atoms. The van der Waals surface area contributed by atoms with Crippen LogP contribution in [0.2, 0.25) is 0 Å². The fraction of sp³-hybridized carbons (Fsp3) is 0.524. The summed E-state index contributed by atoms with van der Waals surface area (Å²) in [4.78, 5) is 19.4. The minimum Gasteiger partial charge on any atom is -0.493 e. The molecule has 2 unspecified atom stereocenters. The summed E-state index contributed by atoms with van der Waals surface area (Å²) in [5.74, 6) is 1.18. The molecule has 152 valence electrons. The number of unbranched alkanes of at least 4 members (excludes halogenated alkanes) is 1.